The van der Waals surface area contributed by atoms with E-state index in [1.807, 2.05) is 19.1 Å². The Balaban J connectivity index is 2.75. The number of hydrogen-bond donors (Lipinski definition) is 2. The summed E-state index contributed by atoms with van der Waals surface area (Å²) >= 11 is 0. The number of aromatic hydroxyl groups is 1. The van der Waals surface area contributed by atoms with Gasteiger partial charge in [-0.25, -0.2) is 0 Å². The van der Waals surface area contributed by atoms with Crippen LogP contribution in [0.3, 0.4) is 0 Å². The summed E-state index contributed by atoms with van der Waals surface area (Å²) < 4.78 is 10.3. The molecule has 5 nitrogen and oxygen atoms in total. The van der Waals surface area contributed by atoms with E-state index < -0.39 is 5.41 Å². The maximum Gasteiger partial charge on any atom is 0.311 e. The molecule has 0 amide bonds. The Kier molecular flexibility index (Phi) is 6.63. The lowest BCUT2D eigenvalue weighted by Crippen LogP contribution is -2.22. The number of phenols is 1. The van der Waals surface area contributed by atoms with Crippen LogP contribution >= 0.6 is 0 Å². The Labute approximate surface area is 137 Å². The normalized spacial score (nSPS) is 11.7. The summed E-state index contributed by atoms with van der Waals surface area (Å²) in [7, 11) is 1.48. The molecule has 0 atom stereocenters. The molecule has 0 bridgehead atoms. The topological polar surface area (TPSA) is 76.0 Å². The Hall–Kier alpha value is -2.01. The van der Waals surface area contributed by atoms with E-state index >= 15 is 0 Å². The van der Waals surface area contributed by atoms with Crippen molar-refractivity contribution in [3.8, 4) is 11.5 Å². The quantitative estimate of drug-likeness (QED) is 0.622. The van der Waals surface area contributed by atoms with Gasteiger partial charge in [-0.05, 0) is 45.2 Å². The molecule has 0 heterocycles. The fourth-order valence-electron chi connectivity index (χ4n) is 2.12. The molecule has 5 heteroatoms. The summed E-state index contributed by atoms with van der Waals surface area (Å²) in [6.45, 7) is 7.16. The van der Waals surface area contributed by atoms with Gasteiger partial charge in [-0.3, -0.25) is 4.79 Å². The van der Waals surface area contributed by atoms with Crippen LogP contribution in [-0.2, 0) is 22.6 Å². The van der Waals surface area contributed by atoms with Crippen molar-refractivity contribution in [3.05, 3.63) is 34.9 Å². The van der Waals surface area contributed by atoms with E-state index in [9.17, 15) is 15.0 Å². The van der Waals surface area contributed by atoms with Gasteiger partial charge in [0.1, 0.15) is 6.61 Å². The summed E-state index contributed by atoms with van der Waals surface area (Å²) in [5, 5.41) is 19.6. The van der Waals surface area contributed by atoms with Crippen molar-refractivity contribution in [2.75, 3.05) is 13.7 Å². The number of carbonyl (C=O) groups excluding carboxylic acids is 1. The molecular formula is C18H26O5. The van der Waals surface area contributed by atoms with Gasteiger partial charge in [0.2, 0.25) is 0 Å². The smallest absolute Gasteiger partial charge is 0.311 e. The third-order valence-corrected chi connectivity index (χ3v) is 3.43. The Morgan fingerprint density at radius 3 is 2.48 bits per heavy atom. The first kappa shape index (κ1) is 19.0. The zero-order chi connectivity index (χ0) is 17.6. The summed E-state index contributed by atoms with van der Waals surface area (Å²) in [5.74, 6) is 0.0922. The van der Waals surface area contributed by atoms with E-state index in [0.29, 0.717) is 17.7 Å². The van der Waals surface area contributed by atoms with Crippen LogP contribution in [-0.4, -0.2) is 29.9 Å². The molecular weight excluding hydrogens is 296 g/mol. The average Bonchev–Trinajstić information content (AvgIpc) is 2.46. The van der Waals surface area contributed by atoms with Crippen LogP contribution in [0.15, 0.2) is 18.2 Å². The lowest BCUT2D eigenvalue weighted by molar-refractivity contribution is -0.151. The molecule has 0 saturated carbocycles. The molecule has 0 aromatic heterocycles. The monoisotopic (exact) mass is 322 g/mol. The largest absolute Gasteiger partial charge is 0.504 e. The fraction of sp³-hybridized carbons (Fsp3) is 0.500. The highest BCUT2D eigenvalue weighted by atomic mass is 16.5. The molecule has 0 spiro atoms. The van der Waals surface area contributed by atoms with Crippen LogP contribution in [0.5, 0.6) is 11.5 Å². The molecule has 0 unspecified atom stereocenters. The third kappa shape index (κ3) is 4.99. The number of methoxy groups -OCH3 is 1. The Bertz CT molecular complexity index is 582. The minimum Gasteiger partial charge on any atom is -0.504 e. The number of benzene rings is 1. The van der Waals surface area contributed by atoms with Gasteiger partial charge >= 0.3 is 5.97 Å². The second-order valence-electron chi connectivity index (χ2n) is 6.40. The number of allylic oxidation sites excluding steroid dienone is 1. The highest BCUT2D eigenvalue weighted by molar-refractivity contribution is 5.75. The van der Waals surface area contributed by atoms with Gasteiger partial charge in [0.25, 0.3) is 0 Å². The predicted octanol–water partition coefficient (Wildman–Crippen LogP) is 2.89. The number of aliphatic hydroxyl groups excluding tert-OH is 1. The van der Waals surface area contributed by atoms with E-state index in [2.05, 4.69) is 0 Å². The van der Waals surface area contributed by atoms with Crippen LogP contribution in [0.1, 0.15) is 37.5 Å². The van der Waals surface area contributed by atoms with Crippen molar-refractivity contribution in [2.24, 2.45) is 5.41 Å². The van der Waals surface area contributed by atoms with Gasteiger partial charge in [-0.1, -0.05) is 18.2 Å². The molecule has 1 rings (SSSR count). The maximum atomic E-state index is 11.6. The molecule has 0 aliphatic carbocycles. The maximum absolute atomic E-state index is 11.6. The standard InChI is InChI=1S/C18H26O5/c1-12-10-13(14(11-19)15(20)16(12)22-5)8-6-7-9-23-17(21)18(2,3)4/h6-7,10,19-20H,8-9,11H2,1-5H3/b7-6+. The van der Waals surface area contributed by atoms with Gasteiger partial charge in [0, 0.05) is 5.56 Å². The molecule has 0 radical (unpaired) electrons. The van der Waals surface area contributed by atoms with Gasteiger partial charge in [0.15, 0.2) is 11.5 Å². The molecule has 0 aliphatic rings. The number of esters is 1. The van der Waals surface area contributed by atoms with Crippen LogP contribution in [0.2, 0.25) is 0 Å². The van der Waals surface area contributed by atoms with Crippen LogP contribution in [0.4, 0.5) is 0 Å². The highest BCUT2D eigenvalue weighted by Gasteiger charge is 2.22. The highest BCUT2D eigenvalue weighted by Crippen LogP contribution is 2.36. The summed E-state index contributed by atoms with van der Waals surface area (Å²) in [6, 6.07) is 1.87. The SMILES string of the molecule is COc1c(C)cc(C/C=C/COC(=O)C(C)(C)C)c(CO)c1O. The number of carbonyl (C=O) groups is 1. The van der Waals surface area contributed by atoms with Gasteiger partial charge in [-0.15, -0.1) is 0 Å². The predicted molar refractivity (Wildman–Crippen MR) is 88.6 cm³/mol. The van der Waals surface area contributed by atoms with E-state index in [-0.39, 0.29) is 24.9 Å². The minimum absolute atomic E-state index is 0.0300. The van der Waals surface area contributed by atoms with Crippen molar-refractivity contribution in [3.63, 3.8) is 0 Å². The summed E-state index contributed by atoms with van der Waals surface area (Å²) in [4.78, 5) is 11.6. The van der Waals surface area contributed by atoms with E-state index in [1.54, 1.807) is 26.8 Å². The molecule has 1 aromatic carbocycles. The van der Waals surface area contributed by atoms with Gasteiger partial charge in [0.05, 0.1) is 19.1 Å². The number of ether oxygens (including phenoxy) is 2. The zero-order valence-corrected chi connectivity index (χ0v) is 14.5. The average molecular weight is 322 g/mol. The van der Waals surface area contributed by atoms with E-state index in [1.165, 1.54) is 7.11 Å². The van der Waals surface area contributed by atoms with Crippen LogP contribution in [0.25, 0.3) is 0 Å². The number of rotatable bonds is 6. The van der Waals surface area contributed by atoms with Crippen molar-refractivity contribution in [2.45, 2.75) is 40.7 Å². The summed E-state index contributed by atoms with van der Waals surface area (Å²) in [6.07, 6.45) is 4.11. The first-order valence-corrected chi connectivity index (χ1v) is 7.53. The van der Waals surface area contributed by atoms with Crippen molar-refractivity contribution < 1.29 is 24.5 Å². The first-order valence-electron chi connectivity index (χ1n) is 7.53. The van der Waals surface area contributed by atoms with E-state index in [4.69, 9.17) is 9.47 Å². The fourth-order valence-corrected chi connectivity index (χ4v) is 2.12. The molecule has 128 valence electrons. The molecule has 23 heavy (non-hydrogen) atoms. The minimum atomic E-state index is -0.517. The van der Waals surface area contributed by atoms with Gasteiger partial charge in [-0.2, -0.15) is 0 Å². The molecule has 2 N–H and O–H groups in total. The van der Waals surface area contributed by atoms with Crippen molar-refractivity contribution in [1.29, 1.82) is 0 Å². The van der Waals surface area contributed by atoms with Gasteiger partial charge < -0.3 is 19.7 Å². The molecule has 0 aliphatic heterocycles. The Morgan fingerprint density at radius 1 is 1.30 bits per heavy atom. The number of aryl methyl sites for hydroxylation is 1. The summed E-state index contributed by atoms with van der Waals surface area (Å²) in [5.41, 5.74) is 1.53. The second kappa shape index (κ2) is 8.02. The molecule has 0 fully saturated rings. The zero-order valence-electron chi connectivity index (χ0n) is 14.5. The van der Waals surface area contributed by atoms with E-state index in [0.717, 1.165) is 11.1 Å². The van der Waals surface area contributed by atoms with Crippen LogP contribution < -0.4 is 4.74 Å². The van der Waals surface area contributed by atoms with Crippen LogP contribution in [0, 0.1) is 12.3 Å². The third-order valence-electron chi connectivity index (χ3n) is 3.43. The lowest BCUT2D eigenvalue weighted by Gasteiger charge is -2.15. The van der Waals surface area contributed by atoms with Crippen molar-refractivity contribution >= 4 is 5.97 Å². The first-order chi connectivity index (χ1) is 10.7. The Morgan fingerprint density at radius 2 is 1.96 bits per heavy atom. The number of aliphatic hydroxyl groups is 1. The van der Waals surface area contributed by atoms with Crippen molar-refractivity contribution in [1.82, 2.24) is 0 Å². The molecule has 0 saturated heterocycles. The second-order valence-corrected chi connectivity index (χ2v) is 6.40. The lowest BCUT2D eigenvalue weighted by atomic mass is 9.97. The number of hydrogen-bond acceptors (Lipinski definition) is 5. The molecule has 1 aromatic rings.